The SMILES string of the molecule is CC(Cc1c(Cl)cccc1Cl)c1ccc2c(c1)[nH]c1cc(Cl)cc(Br)c12. The van der Waals surface area contributed by atoms with E-state index in [9.17, 15) is 0 Å². The third-order valence-electron chi connectivity index (χ3n) is 4.78. The Morgan fingerprint density at radius 3 is 2.42 bits per heavy atom. The van der Waals surface area contributed by atoms with Gasteiger partial charge in [-0.2, -0.15) is 0 Å². The fourth-order valence-corrected chi connectivity index (χ4v) is 5.01. The molecule has 1 nitrogen and oxygen atoms in total. The second-order valence-corrected chi connectivity index (χ2v) is 8.65. The van der Waals surface area contributed by atoms with Gasteiger partial charge in [0.1, 0.15) is 0 Å². The maximum Gasteiger partial charge on any atom is 0.0491 e. The number of rotatable bonds is 3. The molecule has 0 aliphatic heterocycles. The number of nitrogens with one attached hydrogen (secondary N) is 1. The first-order valence-corrected chi connectivity index (χ1v) is 10.2. The van der Waals surface area contributed by atoms with E-state index >= 15 is 0 Å². The first-order chi connectivity index (χ1) is 12.4. The number of aromatic nitrogens is 1. The summed E-state index contributed by atoms with van der Waals surface area (Å²) in [6.07, 6.45) is 0.791. The van der Waals surface area contributed by atoms with Crippen molar-refractivity contribution in [3.05, 3.63) is 79.2 Å². The minimum absolute atomic E-state index is 0.287. The normalized spacial score (nSPS) is 12.8. The highest BCUT2D eigenvalue weighted by Gasteiger charge is 2.15. The van der Waals surface area contributed by atoms with Gasteiger partial charge in [-0.05, 0) is 53.8 Å². The van der Waals surface area contributed by atoms with E-state index in [-0.39, 0.29) is 5.92 Å². The van der Waals surface area contributed by atoms with Crippen LogP contribution < -0.4 is 0 Å². The Morgan fingerprint density at radius 1 is 0.962 bits per heavy atom. The van der Waals surface area contributed by atoms with Crippen molar-refractivity contribution in [2.24, 2.45) is 0 Å². The van der Waals surface area contributed by atoms with E-state index in [1.807, 2.05) is 30.3 Å². The largest absolute Gasteiger partial charge is 0.354 e. The highest BCUT2D eigenvalue weighted by Crippen LogP contribution is 2.36. The predicted molar refractivity (Wildman–Crippen MR) is 117 cm³/mol. The van der Waals surface area contributed by atoms with E-state index in [4.69, 9.17) is 34.8 Å². The molecule has 1 unspecified atom stereocenters. The maximum atomic E-state index is 6.33. The van der Waals surface area contributed by atoms with Crippen LogP contribution in [0.4, 0.5) is 0 Å². The molecule has 0 radical (unpaired) electrons. The van der Waals surface area contributed by atoms with Gasteiger partial charge in [-0.1, -0.05) is 75.9 Å². The summed E-state index contributed by atoms with van der Waals surface area (Å²) in [6, 6.07) is 16.1. The second-order valence-electron chi connectivity index (χ2n) is 6.55. The summed E-state index contributed by atoms with van der Waals surface area (Å²) in [7, 11) is 0. The molecular weight excluding hydrogens is 453 g/mol. The minimum atomic E-state index is 0.287. The smallest absolute Gasteiger partial charge is 0.0491 e. The lowest BCUT2D eigenvalue weighted by Gasteiger charge is -2.14. The lowest BCUT2D eigenvalue weighted by atomic mass is 9.93. The summed E-state index contributed by atoms with van der Waals surface area (Å²) >= 11 is 22.5. The van der Waals surface area contributed by atoms with Gasteiger partial charge in [-0.25, -0.2) is 0 Å². The monoisotopic (exact) mass is 465 g/mol. The van der Waals surface area contributed by atoms with Crippen molar-refractivity contribution in [3.8, 4) is 0 Å². The van der Waals surface area contributed by atoms with Crippen LogP contribution in [0.3, 0.4) is 0 Å². The van der Waals surface area contributed by atoms with E-state index in [1.165, 1.54) is 10.9 Å². The molecule has 26 heavy (non-hydrogen) atoms. The van der Waals surface area contributed by atoms with Crippen LogP contribution in [0.5, 0.6) is 0 Å². The molecule has 1 atom stereocenters. The van der Waals surface area contributed by atoms with Crippen molar-refractivity contribution < 1.29 is 0 Å². The van der Waals surface area contributed by atoms with Crippen LogP contribution in [0.1, 0.15) is 24.0 Å². The number of H-pyrrole nitrogens is 1. The van der Waals surface area contributed by atoms with Gasteiger partial charge in [-0.15, -0.1) is 0 Å². The Balaban J connectivity index is 1.75. The van der Waals surface area contributed by atoms with Gasteiger partial charge in [0.15, 0.2) is 0 Å². The van der Waals surface area contributed by atoms with E-state index in [0.29, 0.717) is 5.02 Å². The van der Waals surface area contributed by atoms with Crippen LogP contribution in [0.2, 0.25) is 15.1 Å². The molecule has 0 amide bonds. The number of aromatic amines is 1. The quantitative estimate of drug-likeness (QED) is 0.311. The van der Waals surface area contributed by atoms with Gasteiger partial charge >= 0.3 is 0 Å². The third kappa shape index (κ3) is 3.25. The van der Waals surface area contributed by atoms with Crippen LogP contribution in [-0.2, 0) is 6.42 Å². The molecule has 0 spiro atoms. The van der Waals surface area contributed by atoms with Crippen molar-refractivity contribution in [3.63, 3.8) is 0 Å². The molecule has 4 aromatic rings. The Labute approximate surface area is 175 Å². The van der Waals surface area contributed by atoms with Crippen molar-refractivity contribution >= 4 is 72.5 Å². The lowest BCUT2D eigenvalue weighted by molar-refractivity contribution is 0.760. The van der Waals surface area contributed by atoms with Crippen molar-refractivity contribution in [2.45, 2.75) is 19.3 Å². The molecular formula is C21H15BrCl3N. The fraction of sp³-hybridized carbons (Fsp3) is 0.143. The van der Waals surface area contributed by atoms with Crippen LogP contribution in [-0.4, -0.2) is 4.98 Å². The van der Waals surface area contributed by atoms with E-state index in [1.54, 1.807) is 0 Å². The topological polar surface area (TPSA) is 15.8 Å². The second kappa shape index (κ2) is 7.09. The van der Waals surface area contributed by atoms with Crippen molar-refractivity contribution in [2.75, 3.05) is 0 Å². The first-order valence-electron chi connectivity index (χ1n) is 8.27. The lowest BCUT2D eigenvalue weighted by Crippen LogP contribution is -2.00. The standard InChI is InChI=1S/C21H15BrCl3N/c1-11(7-15-17(24)3-2-4-18(15)25)12-5-6-14-19(8-12)26-20-10-13(23)9-16(22)21(14)20/h2-6,8-11,26H,7H2,1H3. The summed E-state index contributed by atoms with van der Waals surface area (Å²) in [5.41, 5.74) is 4.35. The summed E-state index contributed by atoms with van der Waals surface area (Å²) in [6.45, 7) is 2.19. The summed E-state index contributed by atoms with van der Waals surface area (Å²) in [4.78, 5) is 3.47. The van der Waals surface area contributed by atoms with Crippen LogP contribution >= 0.6 is 50.7 Å². The van der Waals surface area contributed by atoms with Crippen LogP contribution in [0.25, 0.3) is 21.8 Å². The van der Waals surface area contributed by atoms with Crippen LogP contribution in [0.15, 0.2) is 53.0 Å². The molecule has 1 aromatic heterocycles. The highest BCUT2D eigenvalue weighted by atomic mass is 79.9. The molecule has 0 saturated heterocycles. The van der Waals surface area contributed by atoms with Gasteiger partial charge < -0.3 is 4.98 Å². The van der Waals surface area contributed by atoms with E-state index in [0.717, 1.165) is 42.9 Å². The molecule has 0 saturated carbocycles. The van der Waals surface area contributed by atoms with Crippen molar-refractivity contribution in [1.29, 1.82) is 0 Å². The molecule has 1 heterocycles. The Kier molecular flexibility index (Phi) is 4.96. The number of hydrogen-bond acceptors (Lipinski definition) is 0. The molecule has 4 rings (SSSR count). The Morgan fingerprint density at radius 2 is 1.69 bits per heavy atom. The fourth-order valence-electron chi connectivity index (χ4n) is 3.43. The molecule has 3 aromatic carbocycles. The molecule has 0 aliphatic carbocycles. The highest BCUT2D eigenvalue weighted by molar-refractivity contribution is 9.10. The molecule has 0 aliphatic rings. The average Bonchev–Trinajstić information content (AvgIpc) is 2.95. The number of hydrogen-bond donors (Lipinski definition) is 1. The summed E-state index contributed by atoms with van der Waals surface area (Å²) < 4.78 is 0.995. The summed E-state index contributed by atoms with van der Waals surface area (Å²) in [5.74, 6) is 0.287. The van der Waals surface area contributed by atoms with E-state index < -0.39 is 0 Å². The van der Waals surface area contributed by atoms with Gasteiger partial charge in [0, 0.05) is 41.3 Å². The zero-order valence-electron chi connectivity index (χ0n) is 13.9. The predicted octanol–water partition coefficient (Wildman–Crippen LogP) is 8.39. The molecule has 0 bridgehead atoms. The summed E-state index contributed by atoms with van der Waals surface area (Å²) in [5, 5.41) is 4.47. The van der Waals surface area contributed by atoms with Crippen molar-refractivity contribution in [1.82, 2.24) is 4.98 Å². The molecule has 1 N–H and O–H groups in total. The molecule has 132 valence electrons. The first kappa shape index (κ1) is 18.2. The number of benzene rings is 3. The average molecular weight is 468 g/mol. The third-order valence-corrected chi connectivity index (χ3v) is 6.33. The van der Waals surface area contributed by atoms with E-state index in [2.05, 4.69) is 46.0 Å². The van der Waals surface area contributed by atoms with Gasteiger partial charge in [0.2, 0.25) is 0 Å². The van der Waals surface area contributed by atoms with Gasteiger partial charge in [-0.3, -0.25) is 0 Å². The maximum absolute atomic E-state index is 6.33. The minimum Gasteiger partial charge on any atom is -0.354 e. The molecule has 5 heteroatoms. The molecule has 0 fully saturated rings. The number of halogens is 4. The van der Waals surface area contributed by atoms with Crippen LogP contribution in [0, 0.1) is 0 Å². The zero-order valence-corrected chi connectivity index (χ0v) is 17.8. The zero-order chi connectivity index (χ0) is 18.4. The Hall–Kier alpha value is -1.19. The Bertz CT molecular complexity index is 1110. The van der Waals surface area contributed by atoms with Gasteiger partial charge in [0.05, 0.1) is 0 Å². The van der Waals surface area contributed by atoms with Gasteiger partial charge in [0.25, 0.3) is 0 Å². The number of fused-ring (bicyclic) bond motifs is 3.